The Morgan fingerprint density at radius 1 is 1.50 bits per heavy atom. The van der Waals surface area contributed by atoms with Crippen LogP contribution in [-0.4, -0.2) is 11.2 Å². The van der Waals surface area contributed by atoms with Gasteiger partial charge in [-0.3, -0.25) is 0 Å². The van der Waals surface area contributed by atoms with Gasteiger partial charge in [0.25, 0.3) is 0 Å². The van der Waals surface area contributed by atoms with E-state index in [0.29, 0.717) is 5.56 Å². The zero-order chi connectivity index (χ0) is 8.97. The fourth-order valence-corrected chi connectivity index (χ4v) is 0.833. The van der Waals surface area contributed by atoms with Crippen LogP contribution in [0.1, 0.15) is 5.56 Å². The average molecular weight is 161 g/mol. The molecular weight excluding hydrogens is 154 g/mol. The van der Waals surface area contributed by atoms with Gasteiger partial charge in [-0.05, 0) is 12.1 Å². The topological polar surface area (TPSA) is 49.7 Å². The Balaban J connectivity index is 3.11. The molecular formula is C9H7NO2. The van der Waals surface area contributed by atoms with Crippen molar-refractivity contribution in [3.63, 3.8) is 0 Å². The van der Waals surface area contributed by atoms with Crippen molar-refractivity contribution in [3.8, 4) is 5.75 Å². The van der Waals surface area contributed by atoms with Crippen molar-refractivity contribution in [1.82, 2.24) is 0 Å². The molecule has 0 fully saturated rings. The number of hydrogen-bond acceptors (Lipinski definition) is 3. The number of aliphatic imine (C=N–C) groups is 1. The zero-order valence-electron chi connectivity index (χ0n) is 6.32. The van der Waals surface area contributed by atoms with Crippen LogP contribution in [0.3, 0.4) is 0 Å². The van der Waals surface area contributed by atoms with E-state index in [9.17, 15) is 9.90 Å². The van der Waals surface area contributed by atoms with E-state index < -0.39 is 0 Å². The first-order valence-electron chi connectivity index (χ1n) is 3.31. The Morgan fingerprint density at radius 3 is 2.75 bits per heavy atom. The molecule has 12 heavy (non-hydrogen) atoms. The number of rotatable bonds is 2. The molecule has 0 aromatic heterocycles. The molecule has 0 aliphatic rings. The molecule has 0 spiro atoms. The van der Waals surface area contributed by atoms with Crippen LogP contribution in [-0.2, 0) is 4.79 Å². The van der Waals surface area contributed by atoms with Gasteiger partial charge < -0.3 is 5.11 Å². The average Bonchev–Trinajstić information content (AvgIpc) is 2.05. The highest BCUT2D eigenvalue weighted by molar-refractivity contribution is 5.70. The summed E-state index contributed by atoms with van der Waals surface area (Å²) in [4.78, 5) is 13.2. The SMILES string of the molecule is C=C(N=C=O)c1ccccc1O. The highest BCUT2D eigenvalue weighted by Crippen LogP contribution is 2.23. The molecule has 1 aromatic rings. The molecule has 1 aromatic carbocycles. The third-order valence-electron chi connectivity index (χ3n) is 1.40. The first-order chi connectivity index (χ1) is 5.75. The Morgan fingerprint density at radius 2 is 2.17 bits per heavy atom. The molecule has 3 heteroatoms. The van der Waals surface area contributed by atoms with E-state index in [1.165, 1.54) is 12.1 Å². The lowest BCUT2D eigenvalue weighted by Crippen LogP contribution is -1.79. The summed E-state index contributed by atoms with van der Waals surface area (Å²) in [5.41, 5.74) is 0.656. The fraction of sp³-hybridized carbons (Fsp3) is 0. The largest absolute Gasteiger partial charge is 0.507 e. The summed E-state index contributed by atoms with van der Waals surface area (Å²) in [6.45, 7) is 3.49. The Hall–Kier alpha value is -1.86. The summed E-state index contributed by atoms with van der Waals surface area (Å²) in [7, 11) is 0. The molecule has 0 heterocycles. The van der Waals surface area contributed by atoms with E-state index in [4.69, 9.17) is 0 Å². The van der Waals surface area contributed by atoms with Crippen LogP contribution in [0.2, 0.25) is 0 Å². The summed E-state index contributed by atoms with van der Waals surface area (Å²) in [6.07, 6.45) is 1.36. The van der Waals surface area contributed by atoms with Gasteiger partial charge in [0.15, 0.2) is 0 Å². The maximum absolute atomic E-state index is 9.87. The Bertz CT molecular complexity index is 351. The van der Waals surface area contributed by atoms with Crippen LogP contribution < -0.4 is 0 Å². The number of isocyanates is 1. The van der Waals surface area contributed by atoms with Crippen molar-refractivity contribution < 1.29 is 9.90 Å². The number of para-hydroxylation sites is 1. The summed E-state index contributed by atoms with van der Waals surface area (Å²) >= 11 is 0. The molecule has 60 valence electrons. The third-order valence-corrected chi connectivity index (χ3v) is 1.40. The van der Waals surface area contributed by atoms with Crippen molar-refractivity contribution in [2.45, 2.75) is 0 Å². The van der Waals surface area contributed by atoms with E-state index in [1.807, 2.05) is 0 Å². The van der Waals surface area contributed by atoms with Gasteiger partial charge in [0.2, 0.25) is 6.08 Å². The minimum absolute atomic E-state index is 0.0569. The van der Waals surface area contributed by atoms with Gasteiger partial charge in [-0.1, -0.05) is 18.7 Å². The number of nitrogens with zero attached hydrogens (tertiary/aromatic N) is 1. The number of phenols is 1. The van der Waals surface area contributed by atoms with Gasteiger partial charge in [0.05, 0.1) is 5.70 Å². The molecule has 0 atom stereocenters. The minimum atomic E-state index is 0.0569. The quantitative estimate of drug-likeness (QED) is 0.530. The van der Waals surface area contributed by atoms with Gasteiger partial charge in [0, 0.05) is 5.56 Å². The van der Waals surface area contributed by atoms with Gasteiger partial charge in [-0.15, -0.1) is 0 Å². The maximum Gasteiger partial charge on any atom is 0.240 e. The first kappa shape index (κ1) is 8.24. The second kappa shape index (κ2) is 3.51. The van der Waals surface area contributed by atoms with Crippen molar-refractivity contribution in [3.05, 3.63) is 36.4 Å². The van der Waals surface area contributed by atoms with Gasteiger partial charge in [0.1, 0.15) is 5.75 Å². The van der Waals surface area contributed by atoms with E-state index >= 15 is 0 Å². The molecule has 0 saturated heterocycles. The highest BCUT2D eigenvalue weighted by Gasteiger charge is 2.01. The number of carbonyl (C=O) groups excluding carboxylic acids is 1. The summed E-state index contributed by atoms with van der Waals surface area (Å²) in [6, 6.07) is 6.52. The Labute approximate surface area is 69.7 Å². The van der Waals surface area contributed by atoms with E-state index in [0.717, 1.165) is 0 Å². The van der Waals surface area contributed by atoms with E-state index in [1.54, 1.807) is 18.2 Å². The highest BCUT2D eigenvalue weighted by atomic mass is 16.3. The van der Waals surface area contributed by atoms with Gasteiger partial charge in [-0.2, -0.15) is 4.99 Å². The molecule has 0 bridgehead atoms. The molecule has 0 unspecified atom stereocenters. The van der Waals surface area contributed by atoms with Crippen molar-refractivity contribution in [1.29, 1.82) is 0 Å². The normalized spacial score (nSPS) is 8.67. The third kappa shape index (κ3) is 1.59. The van der Waals surface area contributed by atoms with Crippen LogP contribution in [0.25, 0.3) is 5.70 Å². The second-order valence-corrected chi connectivity index (χ2v) is 2.17. The number of aromatic hydroxyl groups is 1. The van der Waals surface area contributed by atoms with Crippen molar-refractivity contribution in [2.75, 3.05) is 0 Å². The summed E-state index contributed by atoms with van der Waals surface area (Å²) in [5, 5.41) is 9.26. The minimum Gasteiger partial charge on any atom is -0.507 e. The zero-order valence-corrected chi connectivity index (χ0v) is 6.32. The van der Waals surface area contributed by atoms with Gasteiger partial charge >= 0.3 is 0 Å². The van der Waals surface area contributed by atoms with Crippen LogP contribution in [0, 0.1) is 0 Å². The molecule has 1 N–H and O–H groups in total. The molecule has 0 amide bonds. The van der Waals surface area contributed by atoms with Crippen molar-refractivity contribution >= 4 is 11.8 Å². The number of benzene rings is 1. The molecule has 0 saturated carbocycles. The fourth-order valence-electron chi connectivity index (χ4n) is 0.833. The maximum atomic E-state index is 9.87. The predicted molar refractivity (Wildman–Crippen MR) is 45.3 cm³/mol. The lowest BCUT2D eigenvalue weighted by atomic mass is 10.1. The smallest absolute Gasteiger partial charge is 0.240 e. The molecule has 0 aliphatic heterocycles. The van der Waals surface area contributed by atoms with Crippen molar-refractivity contribution in [2.24, 2.45) is 4.99 Å². The van der Waals surface area contributed by atoms with Gasteiger partial charge in [-0.25, -0.2) is 4.79 Å². The van der Waals surface area contributed by atoms with Crippen LogP contribution in [0.4, 0.5) is 0 Å². The number of phenolic OH excluding ortho intramolecular Hbond substituents is 1. The molecule has 0 radical (unpaired) electrons. The monoisotopic (exact) mass is 161 g/mol. The second-order valence-electron chi connectivity index (χ2n) is 2.17. The van der Waals surface area contributed by atoms with Crippen LogP contribution in [0.5, 0.6) is 5.75 Å². The molecule has 1 rings (SSSR count). The van der Waals surface area contributed by atoms with Crippen LogP contribution >= 0.6 is 0 Å². The number of hydrogen-bond donors (Lipinski definition) is 1. The summed E-state index contributed by atoms with van der Waals surface area (Å²) < 4.78 is 0. The van der Waals surface area contributed by atoms with E-state index in [2.05, 4.69) is 11.6 Å². The molecule has 3 nitrogen and oxygen atoms in total. The Kier molecular flexibility index (Phi) is 2.41. The van der Waals surface area contributed by atoms with Crippen LogP contribution in [0.15, 0.2) is 35.8 Å². The standard InChI is InChI=1S/C9H7NO2/c1-7(10-6-11)8-4-2-3-5-9(8)12/h2-5,12H,1H2. The predicted octanol–water partition coefficient (Wildman–Crippen LogP) is 1.70. The lowest BCUT2D eigenvalue weighted by Gasteiger charge is -1.99. The lowest BCUT2D eigenvalue weighted by molar-refractivity contribution is 0.473. The van der Waals surface area contributed by atoms with E-state index in [-0.39, 0.29) is 11.4 Å². The first-order valence-corrected chi connectivity index (χ1v) is 3.31. The summed E-state index contributed by atoms with van der Waals surface area (Å²) in [5.74, 6) is 0.0569. The molecule has 0 aliphatic carbocycles.